The molecule has 0 radical (unpaired) electrons. The SMILES string of the molecule is Cc1ccc(NC(=O)C2CCN(S(=O)(=O)c3ccc4c(c3)C(C)(C)C(=O)N4C)CC2)cc1Cl. The highest BCUT2D eigenvalue weighted by atomic mass is 35.5. The molecule has 0 unspecified atom stereocenters. The Morgan fingerprint density at radius 2 is 1.79 bits per heavy atom. The zero-order valence-corrected chi connectivity index (χ0v) is 20.8. The average Bonchev–Trinajstić information content (AvgIpc) is 2.96. The van der Waals surface area contributed by atoms with Gasteiger partial charge in [-0.3, -0.25) is 9.59 Å². The van der Waals surface area contributed by atoms with E-state index in [-0.39, 0.29) is 35.7 Å². The number of fused-ring (bicyclic) bond motifs is 1. The maximum Gasteiger partial charge on any atom is 0.243 e. The molecule has 2 heterocycles. The van der Waals surface area contributed by atoms with Crippen LogP contribution in [0, 0.1) is 12.8 Å². The van der Waals surface area contributed by atoms with Gasteiger partial charge in [-0.1, -0.05) is 17.7 Å². The van der Waals surface area contributed by atoms with Gasteiger partial charge in [-0.15, -0.1) is 0 Å². The van der Waals surface area contributed by atoms with Crippen molar-refractivity contribution in [3.05, 3.63) is 52.5 Å². The predicted molar refractivity (Wildman–Crippen MR) is 129 cm³/mol. The van der Waals surface area contributed by atoms with E-state index >= 15 is 0 Å². The highest BCUT2D eigenvalue weighted by Crippen LogP contribution is 2.42. The van der Waals surface area contributed by atoms with Gasteiger partial charge in [0.25, 0.3) is 0 Å². The molecule has 2 aliphatic heterocycles. The van der Waals surface area contributed by atoms with Gasteiger partial charge in [-0.05, 0) is 75.1 Å². The second-order valence-corrected chi connectivity index (χ2v) is 11.6. The van der Waals surface area contributed by atoms with Crippen molar-refractivity contribution in [3.63, 3.8) is 0 Å². The Bertz CT molecular complexity index is 1230. The number of nitrogens with one attached hydrogen (secondary N) is 1. The number of likely N-dealkylation sites (N-methyl/N-ethyl adjacent to an activating group) is 1. The monoisotopic (exact) mass is 489 g/mol. The van der Waals surface area contributed by atoms with Crippen molar-refractivity contribution in [1.82, 2.24) is 4.31 Å². The zero-order chi connectivity index (χ0) is 24.1. The van der Waals surface area contributed by atoms with Gasteiger partial charge in [0.2, 0.25) is 21.8 Å². The molecule has 1 saturated heterocycles. The number of rotatable bonds is 4. The maximum absolute atomic E-state index is 13.3. The number of sulfonamides is 1. The minimum atomic E-state index is -3.73. The van der Waals surface area contributed by atoms with Crippen molar-refractivity contribution in [3.8, 4) is 0 Å². The summed E-state index contributed by atoms with van der Waals surface area (Å²) in [6, 6.07) is 10.2. The molecule has 2 amide bonds. The molecule has 2 aliphatic rings. The smallest absolute Gasteiger partial charge is 0.243 e. The summed E-state index contributed by atoms with van der Waals surface area (Å²) in [5.74, 6) is -0.469. The largest absolute Gasteiger partial charge is 0.326 e. The van der Waals surface area contributed by atoms with Gasteiger partial charge >= 0.3 is 0 Å². The van der Waals surface area contributed by atoms with Gasteiger partial charge < -0.3 is 10.2 Å². The highest BCUT2D eigenvalue weighted by molar-refractivity contribution is 7.89. The standard InChI is InChI=1S/C24H28ClN3O4S/c1-15-5-6-17(13-20(15)25)26-22(29)16-9-11-28(12-10-16)33(31,32)18-7-8-21-19(14-18)24(2,3)23(30)27(21)4/h5-8,13-14,16H,9-12H2,1-4H3,(H,26,29). The van der Waals surface area contributed by atoms with E-state index in [9.17, 15) is 18.0 Å². The summed E-state index contributed by atoms with van der Waals surface area (Å²) in [5, 5.41) is 3.47. The Balaban J connectivity index is 1.45. The molecule has 0 saturated carbocycles. The van der Waals surface area contributed by atoms with Gasteiger partial charge in [0.1, 0.15) is 0 Å². The summed E-state index contributed by atoms with van der Waals surface area (Å²) in [6.07, 6.45) is 0.866. The zero-order valence-electron chi connectivity index (χ0n) is 19.2. The van der Waals surface area contributed by atoms with E-state index in [4.69, 9.17) is 11.6 Å². The molecular weight excluding hydrogens is 462 g/mol. The number of benzene rings is 2. The average molecular weight is 490 g/mol. The van der Waals surface area contributed by atoms with Crippen LogP contribution < -0.4 is 10.2 Å². The quantitative estimate of drug-likeness (QED) is 0.704. The number of nitrogens with zero attached hydrogens (tertiary/aromatic N) is 2. The number of carbonyl (C=O) groups excluding carboxylic acids is 2. The first-order valence-electron chi connectivity index (χ1n) is 10.9. The molecule has 0 aliphatic carbocycles. The Kier molecular flexibility index (Phi) is 6.05. The van der Waals surface area contributed by atoms with Crippen molar-refractivity contribution in [2.24, 2.45) is 5.92 Å². The van der Waals surface area contributed by atoms with Crippen LogP contribution in [0.3, 0.4) is 0 Å². The molecule has 2 aromatic rings. The summed E-state index contributed by atoms with van der Waals surface area (Å²) >= 11 is 6.13. The molecule has 33 heavy (non-hydrogen) atoms. The Morgan fingerprint density at radius 3 is 2.42 bits per heavy atom. The predicted octanol–water partition coefficient (Wildman–Crippen LogP) is 3.94. The van der Waals surface area contributed by atoms with Gasteiger partial charge in [0, 0.05) is 42.5 Å². The lowest BCUT2D eigenvalue weighted by Crippen LogP contribution is -2.41. The lowest BCUT2D eigenvalue weighted by molar-refractivity contribution is -0.122. The number of anilines is 2. The summed E-state index contributed by atoms with van der Waals surface area (Å²) in [7, 11) is -2.03. The molecule has 7 nitrogen and oxygen atoms in total. The van der Waals surface area contributed by atoms with Gasteiger partial charge in [0.15, 0.2) is 0 Å². The normalized spacial score (nSPS) is 18.9. The number of amides is 2. The van der Waals surface area contributed by atoms with E-state index < -0.39 is 15.4 Å². The molecular formula is C24H28ClN3O4S. The highest BCUT2D eigenvalue weighted by Gasteiger charge is 2.43. The summed E-state index contributed by atoms with van der Waals surface area (Å²) in [6.45, 7) is 6.02. The molecule has 0 spiro atoms. The Labute approximate surface area is 199 Å². The third kappa shape index (κ3) is 4.16. The van der Waals surface area contributed by atoms with Crippen LogP contribution in [-0.2, 0) is 25.0 Å². The van der Waals surface area contributed by atoms with E-state index in [1.807, 2.05) is 13.0 Å². The molecule has 0 atom stereocenters. The molecule has 1 N–H and O–H groups in total. The van der Waals surface area contributed by atoms with Crippen LogP contribution in [0.2, 0.25) is 5.02 Å². The van der Waals surface area contributed by atoms with E-state index in [2.05, 4.69) is 5.32 Å². The number of halogens is 1. The third-order valence-electron chi connectivity index (χ3n) is 6.74. The van der Waals surface area contributed by atoms with Crippen molar-refractivity contribution in [2.75, 3.05) is 30.4 Å². The Morgan fingerprint density at radius 1 is 1.12 bits per heavy atom. The van der Waals surface area contributed by atoms with Gasteiger partial charge in [-0.25, -0.2) is 8.42 Å². The van der Waals surface area contributed by atoms with Crippen LogP contribution in [0.25, 0.3) is 0 Å². The number of hydrogen-bond acceptors (Lipinski definition) is 4. The fraction of sp³-hybridized carbons (Fsp3) is 0.417. The van der Waals surface area contributed by atoms with Crippen LogP contribution in [0.4, 0.5) is 11.4 Å². The van der Waals surface area contributed by atoms with Crippen molar-refractivity contribution in [1.29, 1.82) is 0 Å². The summed E-state index contributed by atoms with van der Waals surface area (Å²) in [5.41, 5.74) is 2.22. The lowest BCUT2D eigenvalue weighted by atomic mass is 9.86. The number of aryl methyl sites for hydroxylation is 1. The molecule has 4 rings (SSSR count). The van der Waals surface area contributed by atoms with E-state index in [1.54, 1.807) is 56.1 Å². The minimum Gasteiger partial charge on any atom is -0.326 e. The van der Waals surface area contributed by atoms with Gasteiger partial charge in [0.05, 0.1) is 10.3 Å². The van der Waals surface area contributed by atoms with Crippen molar-refractivity contribution >= 4 is 44.8 Å². The fourth-order valence-electron chi connectivity index (χ4n) is 4.53. The molecule has 9 heteroatoms. The molecule has 176 valence electrons. The minimum absolute atomic E-state index is 0.0614. The van der Waals surface area contributed by atoms with Crippen molar-refractivity contribution < 1.29 is 18.0 Å². The fourth-order valence-corrected chi connectivity index (χ4v) is 6.21. The number of carbonyl (C=O) groups is 2. The first-order chi connectivity index (χ1) is 15.4. The van der Waals surface area contributed by atoms with Crippen LogP contribution in [0.15, 0.2) is 41.3 Å². The second kappa shape index (κ2) is 8.42. The number of piperidine rings is 1. The molecule has 0 bridgehead atoms. The van der Waals surface area contributed by atoms with Gasteiger partial charge in [-0.2, -0.15) is 4.31 Å². The third-order valence-corrected chi connectivity index (χ3v) is 9.05. The van der Waals surface area contributed by atoms with Crippen LogP contribution in [-0.4, -0.2) is 44.7 Å². The topological polar surface area (TPSA) is 86.8 Å². The first kappa shape index (κ1) is 23.7. The van der Waals surface area contributed by atoms with E-state index in [1.165, 1.54) is 4.31 Å². The second-order valence-electron chi connectivity index (χ2n) is 9.30. The maximum atomic E-state index is 13.3. The lowest BCUT2D eigenvalue weighted by Gasteiger charge is -2.30. The van der Waals surface area contributed by atoms with E-state index in [0.717, 1.165) is 11.3 Å². The van der Waals surface area contributed by atoms with Crippen LogP contribution in [0.5, 0.6) is 0 Å². The van der Waals surface area contributed by atoms with Crippen LogP contribution in [0.1, 0.15) is 37.8 Å². The first-order valence-corrected chi connectivity index (χ1v) is 12.7. The van der Waals surface area contributed by atoms with E-state index in [0.29, 0.717) is 29.1 Å². The molecule has 0 aromatic heterocycles. The molecule has 2 aromatic carbocycles. The molecule has 1 fully saturated rings. The Hall–Kier alpha value is -2.42. The van der Waals surface area contributed by atoms with Crippen LogP contribution >= 0.6 is 11.6 Å². The summed E-state index contributed by atoms with van der Waals surface area (Å²) < 4.78 is 28.0. The summed E-state index contributed by atoms with van der Waals surface area (Å²) in [4.78, 5) is 27.0. The number of hydrogen-bond donors (Lipinski definition) is 1. The van der Waals surface area contributed by atoms with Crippen molar-refractivity contribution in [2.45, 2.75) is 43.9 Å².